The van der Waals surface area contributed by atoms with Crippen molar-refractivity contribution in [2.24, 2.45) is 5.92 Å². The van der Waals surface area contributed by atoms with Crippen LogP contribution in [-0.2, 0) is 9.53 Å². The number of benzene rings is 2. The van der Waals surface area contributed by atoms with Gasteiger partial charge in [-0.25, -0.2) is 4.79 Å². The number of carbonyl (C=O) groups is 2. The first-order chi connectivity index (χ1) is 15.8. The van der Waals surface area contributed by atoms with Crippen LogP contribution in [0.25, 0.3) is 17.0 Å². The second-order valence-electron chi connectivity index (χ2n) is 8.61. The van der Waals surface area contributed by atoms with Gasteiger partial charge in [0.1, 0.15) is 5.75 Å². The topological polar surface area (TPSA) is 71.6 Å². The number of rotatable bonds is 8. The molecular weight excluding hydrogens is 416 g/mol. The summed E-state index contributed by atoms with van der Waals surface area (Å²) in [5.41, 5.74) is 4.70. The summed E-state index contributed by atoms with van der Waals surface area (Å²) < 4.78 is 10.5. The molecule has 1 amide bonds. The van der Waals surface area contributed by atoms with E-state index in [9.17, 15) is 9.59 Å². The summed E-state index contributed by atoms with van der Waals surface area (Å²) in [6.45, 7) is 4.35. The number of nitrogens with zero attached hydrogens (tertiary/aromatic N) is 1. The molecule has 0 radical (unpaired) electrons. The standard InChI is InChI=1S/C27H32N2O4/c1-17(2)26(20-12-11-19(27(31)33-6)15-24(20)32-5)22-16-28-23-13-10-18(14-21(22)23)8-7-9-25(30)29(3)4/h7-8,10-17,26,28H,9H2,1-6H3. The van der Waals surface area contributed by atoms with Crippen molar-refractivity contribution in [3.63, 3.8) is 0 Å². The van der Waals surface area contributed by atoms with E-state index in [-0.39, 0.29) is 17.7 Å². The predicted octanol–water partition coefficient (Wildman–Crippen LogP) is 5.24. The number of esters is 1. The highest BCUT2D eigenvalue weighted by Crippen LogP contribution is 2.41. The van der Waals surface area contributed by atoms with Gasteiger partial charge in [0.05, 0.1) is 19.8 Å². The number of H-pyrrole nitrogens is 1. The molecule has 33 heavy (non-hydrogen) atoms. The Morgan fingerprint density at radius 1 is 1.06 bits per heavy atom. The Bertz CT molecular complexity index is 1170. The third-order valence-electron chi connectivity index (χ3n) is 5.83. The number of carbonyl (C=O) groups excluding carboxylic acids is 2. The van der Waals surface area contributed by atoms with Crippen LogP contribution in [0.4, 0.5) is 0 Å². The molecule has 0 aliphatic rings. The first-order valence-corrected chi connectivity index (χ1v) is 11.0. The van der Waals surface area contributed by atoms with E-state index in [2.05, 4.69) is 31.0 Å². The van der Waals surface area contributed by atoms with Crippen LogP contribution in [0.5, 0.6) is 5.75 Å². The average molecular weight is 449 g/mol. The van der Waals surface area contributed by atoms with Crippen LogP contribution >= 0.6 is 0 Å². The highest BCUT2D eigenvalue weighted by atomic mass is 16.5. The molecule has 174 valence electrons. The van der Waals surface area contributed by atoms with Crippen LogP contribution in [-0.4, -0.2) is 50.1 Å². The van der Waals surface area contributed by atoms with Crippen molar-refractivity contribution in [1.82, 2.24) is 9.88 Å². The fourth-order valence-electron chi connectivity index (χ4n) is 4.10. The number of hydrogen-bond donors (Lipinski definition) is 1. The molecule has 1 unspecified atom stereocenters. The molecule has 0 saturated carbocycles. The molecule has 0 aliphatic heterocycles. The maximum absolute atomic E-state index is 12.0. The second kappa shape index (κ2) is 10.4. The Morgan fingerprint density at radius 3 is 2.45 bits per heavy atom. The summed E-state index contributed by atoms with van der Waals surface area (Å²) in [5, 5.41) is 1.12. The van der Waals surface area contributed by atoms with Crippen molar-refractivity contribution in [2.45, 2.75) is 26.2 Å². The van der Waals surface area contributed by atoms with Gasteiger partial charge in [-0.2, -0.15) is 0 Å². The van der Waals surface area contributed by atoms with E-state index < -0.39 is 5.97 Å². The number of nitrogens with one attached hydrogen (secondary N) is 1. The monoisotopic (exact) mass is 448 g/mol. The van der Waals surface area contributed by atoms with Gasteiger partial charge in [0.15, 0.2) is 0 Å². The Labute approximate surface area is 195 Å². The van der Waals surface area contributed by atoms with Crippen LogP contribution in [0.2, 0.25) is 0 Å². The van der Waals surface area contributed by atoms with Gasteiger partial charge in [-0.05, 0) is 41.3 Å². The number of fused-ring (bicyclic) bond motifs is 1. The molecule has 3 rings (SSSR count). The lowest BCUT2D eigenvalue weighted by molar-refractivity contribution is -0.127. The van der Waals surface area contributed by atoms with E-state index in [4.69, 9.17) is 9.47 Å². The summed E-state index contributed by atoms with van der Waals surface area (Å²) in [7, 11) is 6.50. The molecule has 0 fully saturated rings. The highest BCUT2D eigenvalue weighted by molar-refractivity contribution is 5.90. The summed E-state index contributed by atoms with van der Waals surface area (Å²) in [5.74, 6) is 0.659. The smallest absolute Gasteiger partial charge is 0.337 e. The third-order valence-corrected chi connectivity index (χ3v) is 5.83. The second-order valence-corrected chi connectivity index (χ2v) is 8.61. The van der Waals surface area contributed by atoms with E-state index in [1.165, 1.54) is 7.11 Å². The molecule has 2 aromatic carbocycles. The molecule has 1 atom stereocenters. The van der Waals surface area contributed by atoms with Crippen molar-refractivity contribution in [3.8, 4) is 5.75 Å². The van der Waals surface area contributed by atoms with Crippen molar-refractivity contribution in [3.05, 3.63) is 70.9 Å². The largest absolute Gasteiger partial charge is 0.496 e. The van der Waals surface area contributed by atoms with Gasteiger partial charge in [-0.3, -0.25) is 4.79 Å². The van der Waals surface area contributed by atoms with Gasteiger partial charge < -0.3 is 19.4 Å². The third kappa shape index (κ3) is 5.28. The number of amides is 1. The van der Waals surface area contributed by atoms with Crippen LogP contribution < -0.4 is 4.74 Å². The molecule has 1 aromatic heterocycles. The summed E-state index contributed by atoms with van der Waals surface area (Å²) in [6.07, 6.45) is 6.29. The van der Waals surface area contributed by atoms with Crippen LogP contribution in [0.15, 0.2) is 48.7 Å². The molecule has 0 bridgehead atoms. The lowest BCUT2D eigenvalue weighted by Gasteiger charge is -2.24. The first-order valence-electron chi connectivity index (χ1n) is 11.0. The minimum atomic E-state index is -0.391. The van der Waals surface area contributed by atoms with Crippen molar-refractivity contribution in [2.75, 3.05) is 28.3 Å². The molecule has 1 heterocycles. The maximum atomic E-state index is 12.0. The summed E-state index contributed by atoms with van der Waals surface area (Å²) in [4.78, 5) is 28.8. The molecular formula is C27H32N2O4. The number of aromatic nitrogens is 1. The van der Waals surface area contributed by atoms with Gasteiger partial charge in [0, 0.05) is 49.1 Å². The van der Waals surface area contributed by atoms with Crippen molar-refractivity contribution >= 4 is 28.9 Å². The van der Waals surface area contributed by atoms with E-state index in [1.807, 2.05) is 30.5 Å². The van der Waals surface area contributed by atoms with Crippen LogP contribution in [0.1, 0.15) is 53.2 Å². The Morgan fingerprint density at radius 2 is 1.82 bits per heavy atom. The van der Waals surface area contributed by atoms with Gasteiger partial charge in [0.25, 0.3) is 0 Å². The van der Waals surface area contributed by atoms with Gasteiger partial charge >= 0.3 is 5.97 Å². The molecule has 0 aliphatic carbocycles. The number of hydrogen-bond acceptors (Lipinski definition) is 4. The van der Waals surface area contributed by atoms with Gasteiger partial charge in [-0.1, -0.05) is 38.1 Å². The maximum Gasteiger partial charge on any atom is 0.337 e. The summed E-state index contributed by atoms with van der Waals surface area (Å²) in [6, 6.07) is 11.7. The Hall–Kier alpha value is -3.54. The van der Waals surface area contributed by atoms with Crippen LogP contribution in [0.3, 0.4) is 0 Å². The number of aromatic amines is 1. The quantitative estimate of drug-likeness (QED) is 0.478. The fourth-order valence-corrected chi connectivity index (χ4v) is 4.10. The highest BCUT2D eigenvalue weighted by Gasteiger charge is 2.25. The Balaban J connectivity index is 2.03. The first kappa shape index (κ1) is 24.1. The SMILES string of the molecule is COC(=O)c1ccc(C(c2c[nH]c3ccc(C=CCC(=O)N(C)C)cc23)C(C)C)c(OC)c1. The molecule has 0 saturated heterocycles. The molecule has 3 aromatic rings. The normalized spacial score (nSPS) is 12.3. The van der Waals surface area contributed by atoms with Gasteiger partial charge in [0.2, 0.25) is 5.91 Å². The van der Waals surface area contributed by atoms with Gasteiger partial charge in [-0.15, -0.1) is 0 Å². The number of ether oxygens (including phenoxy) is 2. The Kier molecular flexibility index (Phi) is 7.59. The zero-order chi connectivity index (χ0) is 24.1. The van der Waals surface area contributed by atoms with Crippen LogP contribution in [0, 0.1) is 5.92 Å². The molecule has 0 spiro atoms. The molecule has 6 nitrogen and oxygen atoms in total. The predicted molar refractivity (Wildman–Crippen MR) is 132 cm³/mol. The fraction of sp³-hybridized carbons (Fsp3) is 0.333. The van der Waals surface area contributed by atoms with E-state index in [1.54, 1.807) is 38.2 Å². The van der Waals surface area contributed by atoms with E-state index in [0.29, 0.717) is 17.7 Å². The van der Waals surface area contributed by atoms with E-state index >= 15 is 0 Å². The minimum absolute atomic E-state index is 0.0509. The summed E-state index contributed by atoms with van der Waals surface area (Å²) >= 11 is 0. The lowest BCUT2D eigenvalue weighted by Crippen LogP contribution is -2.20. The molecule has 1 N–H and O–H groups in total. The molecule has 6 heteroatoms. The van der Waals surface area contributed by atoms with Crippen molar-refractivity contribution in [1.29, 1.82) is 0 Å². The zero-order valence-electron chi connectivity index (χ0n) is 20.1. The number of methoxy groups -OCH3 is 2. The van der Waals surface area contributed by atoms with Crippen molar-refractivity contribution < 1.29 is 19.1 Å². The lowest BCUT2D eigenvalue weighted by atomic mass is 9.81. The average Bonchev–Trinajstić information content (AvgIpc) is 3.21. The zero-order valence-corrected chi connectivity index (χ0v) is 20.1. The van der Waals surface area contributed by atoms with E-state index in [0.717, 1.165) is 27.6 Å². The minimum Gasteiger partial charge on any atom is -0.496 e.